The Morgan fingerprint density at radius 2 is 1.50 bits per heavy atom. The van der Waals surface area contributed by atoms with E-state index in [2.05, 4.69) is 25.2 Å². The van der Waals surface area contributed by atoms with Crippen molar-refractivity contribution in [3.8, 4) is 0 Å². The molecule has 0 saturated carbocycles. The zero-order valence-corrected chi connectivity index (χ0v) is 14.6. The van der Waals surface area contributed by atoms with E-state index in [1.807, 2.05) is 22.9 Å². The van der Waals surface area contributed by atoms with Crippen molar-refractivity contribution < 1.29 is 4.79 Å². The minimum absolute atomic E-state index is 0.112. The third-order valence-electron chi connectivity index (χ3n) is 4.55. The molecule has 0 aliphatic carbocycles. The summed E-state index contributed by atoms with van der Waals surface area (Å²) < 4.78 is 2.66. The van der Waals surface area contributed by atoms with E-state index in [9.17, 15) is 4.79 Å². The van der Waals surface area contributed by atoms with Gasteiger partial charge in [-0.2, -0.15) is 0 Å². The van der Waals surface area contributed by atoms with Crippen LogP contribution in [0, 0.1) is 5.92 Å². The van der Waals surface area contributed by atoms with Crippen LogP contribution in [0.4, 0.5) is 0 Å². The second-order valence-electron chi connectivity index (χ2n) is 6.16. The van der Waals surface area contributed by atoms with Crippen LogP contribution in [0.5, 0.6) is 0 Å². The molecule has 6 heteroatoms. The maximum absolute atomic E-state index is 11.3. The summed E-state index contributed by atoms with van der Waals surface area (Å²) in [5.74, 6) is 1.03. The lowest BCUT2D eigenvalue weighted by atomic mass is 9.99. The van der Waals surface area contributed by atoms with Gasteiger partial charge in [-0.25, -0.2) is 0 Å². The van der Waals surface area contributed by atoms with Crippen molar-refractivity contribution in [1.82, 2.24) is 18.2 Å². The first-order valence-electron chi connectivity index (χ1n) is 7.74. The number of carbonyl (C=O) groups excluding carboxylic acids is 1. The van der Waals surface area contributed by atoms with Crippen molar-refractivity contribution in [3.63, 3.8) is 0 Å². The molecule has 1 N–H and O–H groups in total. The number of piperidine rings is 1. The fourth-order valence-corrected chi connectivity index (χ4v) is 3.14. The minimum atomic E-state index is 0.112. The molecule has 0 aromatic rings. The first kappa shape index (κ1) is 16.5. The van der Waals surface area contributed by atoms with Crippen LogP contribution in [0.15, 0.2) is 0 Å². The van der Waals surface area contributed by atoms with Gasteiger partial charge in [-0.3, -0.25) is 18.1 Å². The Hall–Kier alpha value is 0.0800. The first-order valence-corrected chi connectivity index (χ1v) is 8.82. The summed E-state index contributed by atoms with van der Waals surface area (Å²) in [6.45, 7) is 12.1. The molecule has 20 heavy (non-hydrogen) atoms. The highest BCUT2D eigenvalue weighted by Gasteiger charge is 2.20. The van der Waals surface area contributed by atoms with Crippen molar-refractivity contribution >= 4 is 28.8 Å². The fraction of sp³-hybridized carbons (Fsp3) is 0.929. The van der Waals surface area contributed by atoms with Crippen molar-refractivity contribution in [2.75, 3.05) is 58.9 Å². The van der Waals surface area contributed by atoms with Crippen LogP contribution in [-0.4, -0.2) is 79.5 Å². The van der Waals surface area contributed by atoms with Crippen molar-refractivity contribution in [2.45, 2.75) is 19.8 Å². The highest BCUT2D eigenvalue weighted by atomic mass is 127. The lowest BCUT2D eigenvalue weighted by Gasteiger charge is -2.36. The molecule has 0 spiro atoms. The number of carbonyl (C=O) groups is 1. The Morgan fingerprint density at radius 3 is 2.05 bits per heavy atom. The van der Waals surface area contributed by atoms with Crippen molar-refractivity contribution in [1.29, 1.82) is 0 Å². The van der Waals surface area contributed by atoms with Gasteiger partial charge in [0.05, 0.1) is 29.4 Å². The lowest BCUT2D eigenvalue weighted by molar-refractivity contribution is -0.120. The van der Waals surface area contributed by atoms with Gasteiger partial charge in [0, 0.05) is 39.3 Å². The molecule has 0 atom stereocenters. The fourth-order valence-electron chi connectivity index (χ4n) is 2.97. The minimum Gasteiger partial charge on any atom is -0.302 e. The predicted octanol–water partition coefficient (Wildman–Crippen LogP) is 0.802. The average molecular weight is 394 g/mol. The van der Waals surface area contributed by atoms with E-state index in [0.29, 0.717) is 6.54 Å². The number of halogens is 1. The normalized spacial score (nSPS) is 23.9. The zero-order valence-electron chi connectivity index (χ0n) is 12.5. The number of piperazine rings is 1. The molecule has 2 heterocycles. The van der Waals surface area contributed by atoms with Gasteiger partial charge in [0.2, 0.25) is 5.91 Å². The first-order chi connectivity index (χ1) is 9.67. The quantitative estimate of drug-likeness (QED) is 0.553. The van der Waals surface area contributed by atoms with Gasteiger partial charge < -0.3 is 4.90 Å². The van der Waals surface area contributed by atoms with Crippen LogP contribution in [0.25, 0.3) is 0 Å². The summed E-state index contributed by atoms with van der Waals surface area (Å²) in [5, 5.41) is 0. The van der Waals surface area contributed by atoms with Crippen LogP contribution in [0.3, 0.4) is 0 Å². The summed E-state index contributed by atoms with van der Waals surface area (Å²) in [5.41, 5.74) is 0. The summed E-state index contributed by atoms with van der Waals surface area (Å²) in [4.78, 5) is 18.7. The highest BCUT2D eigenvalue weighted by Crippen LogP contribution is 2.15. The molecule has 1 amide bonds. The van der Waals surface area contributed by atoms with Crippen LogP contribution in [-0.2, 0) is 4.79 Å². The van der Waals surface area contributed by atoms with E-state index in [1.54, 1.807) is 0 Å². The third kappa shape index (κ3) is 5.46. The largest absolute Gasteiger partial charge is 0.302 e. The van der Waals surface area contributed by atoms with E-state index in [4.69, 9.17) is 0 Å². The summed E-state index contributed by atoms with van der Waals surface area (Å²) in [7, 11) is 0. The summed E-state index contributed by atoms with van der Waals surface area (Å²) in [6.07, 6.45) is 2.72. The Bertz CT molecular complexity index is 300. The molecule has 2 rings (SSSR count). The monoisotopic (exact) mass is 394 g/mol. The Morgan fingerprint density at radius 1 is 1.00 bits per heavy atom. The molecule has 5 nitrogen and oxygen atoms in total. The standard InChI is InChI=1S/C14H27IN4O/c1-13-2-4-17(5-3-13)6-7-18-8-10-19(11-9-18)12-14(20)16-15/h13H,2-12H2,1H3,(H,16,20). The van der Waals surface area contributed by atoms with Gasteiger partial charge in [-0.1, -0.05) is 6.92 Å². The Kier molecular flexibility index (Phi) is 7.00. The molecular formula is C14H27IN4O. The van der Waals surface area contributed by atoms with Crippen molar-refractivity contribution in [2.24, 2.45) is 5.92 Å². The number of hydrogen-bond acceptors (Lipinski definition) is 4. The highest BCUT2D eigenvalue weighted by molar-refractivity contribution is 14.1. The smallest absolute Gasteiger partial charge is 0.242 e. The number of rotatable bonds is 5. The maximum atomic E-state index is 11.3. The van der Waals surface area contributed by atoms with E-state index >= 15 is 0 Å². The van der Waals surface area contributed by atoms with Crippen LogP contribution < -0.4 is 3.53 Å². The molecule has 2 aliphatic rings. The van der Waals surface area contributed by atoms with Crippen molar-refractivity contribution in [3.05, 3.63) is 0 Å². The van der Waals surface area contributed by atoms with Crippen LogP contribution in [0.2, 0.25) is 0 Å². The molecule has 2 fully saturated rings. The molecule has 0 radical (unpaired) electrons. The van der Waals surface area contributed by atoms with Gasteiger partial charge in [0.1, 0.15) is 0 Å². The molecule has 0 bridgehead atoms. The second kappa shape index (κ2) is 8.51. The van der Waals surface area contributed by atoms with Crippen LogP contribution in [0.1, 0.15) is 19.8 Å². The lowest BCUT2D eigenvalue weighted by Crippen LogP contribution is -2.50. The number of amides is 1. The molecule has 0 unspecified atom stereocenters. The zero-order chi connectivity index (χ0) is 14.4. The summed E-state index contributed by atoms with van der Waals surface area (Å²) >= 11 is 1.91. The topological polar surface area (TPSA) is 38.8 Å². The molecule has 2 saturated heterocycles. The molecule has 2 aliphatic heterocycles. The Balaban J connectivity index is 1.59. The van der Waals surface area contributed by atoms with Gasteiger partial charge in [-0.05, 0) is 31.8 Å². The maximum Gasteiger partial charge on any atom is 0.242 e. The summed E-state index contributed by atoms with van der Waals surface area (Å²) in [6, 6.07) is 0. The number of likely N-dealkylation sites (tertiary alicyclic amines) is 1. The molecular weight excluding hydrogens is 367 g/mol. The van der Waals surface area contributed by atoms with E-state index in [1.165, 1.54) is 39.0 Å². The van der Waals surface area contributed by atoms with Gasteiger partial charge in [-0.15, -0.1) is 0 Å². The Labute approximate surface area is 136 Å². The second-order valence-corrected chi connectivity index (χ2v) is 6.70. The number of nitrogens with zero attached hydrogens (tertiary/aromatic N) is 3. The SMILES string of the molecule is CC1CCN(CCN2CCN(CC(=O)NI)CC2)CC1. The van der Waals surface area contributed by atoms with E-state index in [-0.39, 0.29) is 5.91 Å². The third-order valence-corrected chi connectivity index (χ3v) is 5.15. The van der Waals surface area contributed by atoms with E-state index < -0.39 is 0 Å². The predicted molar refractivity (Wildman–Crippen MR) is 89.9 cm³/mol. The van der Waals surface area contributed by atoms with Gasteiger partial charge in [0.15, 0.2) is 0 Å². The van der Waals surface area contributed by atoms with Gasteiger partial charge in [0.25, 0.3) is 0 Å². The number of hydrogen-bond donors (Lipinski definition) is 1. The van der Waals surface area contributed by atoms with E-state index in [0.717, 1.165) is 32.1 Å². The molecule has 0 aromatic heterocycles. The van der Waals surface area contributed by atoms with Crippen LogP contribution >= 0.6 is 22.9 Å². The average Bonchev–Trinajstić information content (AvgIpc) is 2.48. The molecule has 116 valence electrons. The molecule has 0 aromatic carbocycles. The number of nitrogens with one attached hydrogen (secondary N) is 1. The van der Waals surface area contributed by atoms with Gasteiger partial charge >= 0.3 is 0 Å².